The molecule has 0 aromatic carbocycles. The average molecular weight is 229 g/mol. The smallest absolute Gasteiger partial charge is 0.159 e. The summed E-state index contributed by atoms with van der Waals surface area (Å²) in [6.07, 6.45) is 6.75. The van der Waals surface area contributed by atoms with E-state index in [1.54, 1.807) is 17.5 Å². The number of nitrogens with zero attached hydrogens (tertiary/aromatic N) is 3. The molecule has 0 saturated heterocycles. The summed E-state index contributed by atoms with van der Waals surface area (Å²) in [5.41, 5.74) is 1.47. The molecule has 1 aliphatic rings. The molecule has 0 bridgehead atoms. The fraction of sp³-hybridized carbons (Fsp3) is 0.462. The zero-order valence-corrected chi connectivity index (χ0v) is 9.89. The van der Waals surface area contributed by atoms with Crippen molar-refractivity contribution in [1.82, 2.24) is 14.6 Å². The van der Waals surface area contributed by atoms with Crippen LogP contribution in [0.2, 0.25) is 0 Å². The van der Waals surface area contributed by atoms with Gasteiger partial charge in [-0.3, -0.25) is 4.79 Å². The lowest BCUT2D eigenvalue weighted by Gasteiger charge is -2.00. The lowest BCUT2D eigenvalue weighted by atomic mass is 10.1. The molecule has 2 heterocycles. The Morgan fingerprint density at radius 1 is 1.41 bits per heavy atom. The van der Waals surface area contributed by atoms with E-state index in [0.29, 0.717) is 11.5 Å². The second-order valence-electron chi connectivity index (χ2n) is 4.73. The van der Waals surface area contributed by atoms with Crippen LogP contribution in [0.4, 0.5) is 0 Å². The average Bonchev–Trinajstić information content (AvgIpc) is 2.96. The van der Waals surface area contributed by atoms with E-state index in [-0.39, 0.29) is 5.78 Å². The van der Waals surface area contributed by atoms with Gasteiger partial charge in [0.25, 0.3) is 0 Å². The van der Waals surface area contributed by atoms with Gasteiger partial charge in [-0.15, -0.1) is 0 Å². The van der Waals surface area contributed by atoms with Gasteiger partial charge >= 0.3 is 0 Å². The van der Waals surface area contributed by atoms with E-state index in [4.69, 9.17) is 0 Å². The molecule has 0 unspecified atom stereocenters. The topological polar surface area (TPSA) is 47.3 Å². The van der Waals surface area contributed by atoms with Crippen LogP contribution >= 0.6 is 0 Å². The van der Waals surface area contributed by atoms with Gasteiger partial charge in [-0.2, -0.15) is 5.10 Å². The molecule has 88 valence electrons. The fourth-order valence-corrected chi connectivity index (χ4v) is 2.47. The normalized spacial score (nSPS) is 16.8. The number of rotatable bonds is 2. The maximum absolute atomic E-state index is 11.3. The Balaban J connectivity index is 2.03. The molecule has 0 N–H and O–H groups in total. The molecular formula is C13H15N3O. The number of ketones is 1. The van der Waals surface area contributed by atoms with Crippen LogP contribution in [0.5, 0.6) is 0 Å². The number of fused-ring (bicyclic) bond motifs is 1. The SMILES string of the molecule is CC(=O)c1ccn2nc(C3CCCC3)nc2c1. The Morgan fingerprint density at radius 3 is 2.88 bits per heavy atom. The molecule has 2 aromatic rings. The van der Waals surface area contributed by atoms with Crippen molar-refractivity contribution in [1.29, 1.82) is 0 Å². The summed E-state index contributed by atoms with van der Waals surface area (Å²) in [6.45, 7) is 1.57. The van der Waals surface area contributed by atoms with Gasteiger partial charge in [-0.05, 0) is 31.9 Å². The minimum Gasteiger partial charge on any atom is -0.295 e. The van der Waals surface area contributed by atoms with Crippen LogP contribution in [-0.2, 0) is 0 Å². The molecule has 1 saturated carbocycles. The third-order valence-corrected chi connectivity index (χ3v) is 3.48. The highest BCUT2D eigenvalue weighted by molar-refractivity contribution is 5.94. The van der Waals surface area contributed by atoms with Gasteiger partial charge in [0.05, 0.1) is 0 Å². The molecule has 0 radical (unpaired) electrons. The van der Waals surface area contributed by atoms with E-state index in [0.717, 1.165) is 11.5 Å². The first-order valence-electron chi connectivity index (χ1n) is 6.11. The highest BCUT2D eigenvalue weighted by Crippen LogP contribution is 2.32. The second-order valence-corrected chi connectivity index (χ2v) is 4.73. The van der Waals surface area contributed by atoms with Gasteiger partial charge in [-0.25, -0.2) is 9.50 Å². The number of carbonyl (C=O) groups is 1. The zero-order chi connectivity index (χ0) is 11.8. The van der Waals surface area contributed by atoms with Crippen molar-refractivity contribution in [2.75, 3.05) is 0 Å². The molecule has 2 aromatic heterocycles. The molecule has 3 rings (SSSR count). The van der Waals surface area contributed by atoms with E-state index in [1.165, 1.54) is 25.7 Å². The largest absolute Gasteiger partial charge is 0.295 e. The van der Waals surface area contributed by atoms with Crippen molar-refractivity contribution in [3.05, 3.63) is 29.7 Å². The summed E-state index contributed by atoms with van der Waals surface area (Å²) in [4.78, 5) is 15.8. The lowest BCUT2D eigenvalue weighted by molar-refractivity contribution is 0.101. The third-order valence-electron chi connectivity index (χ3n) is 3.48. The van der Waals surface area contributed by atoms with Crippen LogP contribution in [-0.4, -0.2) is 20.4 Å². The summed E-state index contributed by atoms with van der Waals surface area (Å²) < 4.78 is 1.76. The first kappa shape index (κ1) is 10.4. The van der Waals surface area contributed by atoms with Crippen LogP contribution in [0, 0.1) is 0 Å². The third kappa shape index (κ3) is 1.84. The van der Waals surface area contributed by atoms with E-state index < -0.39 is 0 Å². The first-order chi connectivity index (χ1) is 8.24. The highest BCUT2D eigenvalue weighted by atomic mass is 16.1. The van der Waals surface area contributed by atoms with Gasteiger partial charge in [0.2, 0.25) is 0 Å². The number of hydrogen-bond acceptors (Lipinski definition) is 3. The highest BCUT2D eigenvalue weighted by Gasteiger charge is 2.21. The molecule has 4 nitrogen and oxygen atoms in total. The molecule has 0 spiro atoms. The van der Waals surface area contributed by atoms with Crippen LogP contribution in [0.1, 0.15) is 54.7 Å². The molecule has 0 atom stereocenters. The number of hydrogen-bond donors (Lipinski definition) is 0. The molecule has 0 aliphatic heterocycles. The molecule has 0 amide bonds. The predicted octanol–water partition coefficient (Wildman–Crippen LogP) is 2.59. The quantitative estimate of drug-likeness (QED) is 0.743. The van der Waals surface area contributed by atoms with Crippen molar-refractivity contribution in [3.8, 4) is 0 Å². The van der Waals surface area contributed by atoms with E-state index >= 15 is 0 Å². The standard InChI is InChI=1S/C13H15N3O/c1-9(17)11-6-7-16-12(8-11)14-13(15-16)10-4-2-3-5-10/h6-8,10H,2-5H2,1H3. The van der Waals surface area contributed by atoms with Gasteiger partial charge in [0, 0.05) is 17.7 Å². The van der Waals surface area contributed by atoms with Gasteiger partial charge in [0.15, 0.2) is 17.3 Å². The first-order valence-corrected chi connectivity index (χ1v) is 6.11. The number of carbonyl (C=O) groups excluding carboxylic acids is 1. The lowest BCUT2D eigenvalue weighted by Crippen LogP contribution is -1.96. The van der Waals surface area contributed by atoms with Gasteiger partial charge in [0.1, 0.15) is 0 Å². The van der Waals surface area contributed by atoms with Crippen molar-refractivity contribution < 1.29 is 4.79 Å². The monoisotopic (exact) mass is 229 g/mol. The Hall–Kier alpha value is -1.71. The minimum atomic E-state index is 0.0675. The van der Waals surface area contributed by atoms with Crippen molar-refractivity contribution in [3.63, 3.8) is 0 Å². The van der Waals surface area contributed by atoms with Crippen molar-refractivity contribution >= 4 is 11.4 Å². The van der Waals surface area contributed by atoms with E-state index in [9.17, 15) is 4.79 Å². The zero-order valence-electron chi connectivity index (χ0n) is 9.89. The second kappa shape index (κ2) is 3.95. The van der Waals surface area contributed by atoms with E-state index in [1.807, 2.05) is 12.3 Å². The van der Waals surface area contributed by atoms with Crippen molar-refractivity contribution in [2.24, 2.45) is 0 Å². The molecule has 4 heteroatoms. The summed E-state index contributed by atoms with van der Waals surface area (Å²) in [5, 5.41) is 4.49. The summed E-state index contributed by atoms with van der Waals surface area (Å²) in [7, 11) is 0. The number of aromatic nitrogens is 3. The Kier molecular flexibility index (Phi) is 2.42. The predicted molar refractivity (Wildman–Crippen MR) is 64.2 cm³/mol. The molecule has 1 aliphatic carbocycles. The summed E-state index contributed by atoms with van der Waals surface area (Å²) in [6, 6.07) is 3.61. The summed E-state index contributed by atoms with van der Waals surface area (Å²) in [5.74, 6) is 1.51. The fourth-order valence-electron chi connectivity index (χ4n) is 2.47. The number of pyridine rings is 1. The van der Waals surface area contributed by atoms with Crippen LogP contribution in [0.3, 0.4) is 0 Å². The van der Waals surface area contributed by atoms with E-state index in [2.05, 4.69) is 10.1 Å². The molecular weight excluding hydrogens is 214 g/mol. The van der Waals surface area contributed by atoms with Crippen LogP contribution in [0.15, 0.2) is 18.3 Å². The van der Waals surface area contributed by atoms with Crippen LogP contribution < -0.4 is 0 Å². The minimum absolute atomic E-state index is 0.0675. The van der Waals surface area contributed by atoms with Gasteiger partial charge in [-0.1, -0.05) is 12.8 Å². The Labute approximate surface area is 99.7 Å². The molecule has 1 fully saturated rings. The maximum Gasteiger partial charge on any atom is 0.159 e. The maximum atomic E-state index is 11.3. The van der Waals surface area contributed by atoms with Crippen LogP contribution in [0.25, 0.3) is 5.65 Å². The summed E-state index contributed by atoms with van der Waals surface area (Å²) >= 11 is 0. The Bertz CT molecular complexity index is 567. The Morgan fingerprint density at radius 2 is 2.18 bits per heavy atom. The van der Waals surface area contributed by atoms with Crippen molar-refractivity contribution in [2.45, 2.75) is 38.5 Å². The van der Waals surface area contributed by atoms with Gasteiger partial charge < -0.3 is 0 Å². The molecule has 17 heavy (non-hydrogen) atoms. The number of Topliss-reactive ketones (excluding diaryl/α,β-unsaturated/α-hetero) is 1.